The van der Waals surface area contributed by atoms with Crippen molar-refractivity contribution < 1.29 is 0 Å². The Labute approximate surface area is 56.6 Å². The van der Waals surface area contributed by atoms with Gasteiger partial charge in [-0.05, 0) is 13.8 Å². The summed E-state index contributed by atoms with van der Waals surface area (Å²) in [6, 6.07) is 0. The van der Waals surface area contributed by atoms with Gasteiger partial charge in [-0.3, -0.25) is 0 Å². The maximum Gasteiger partial charge on any atom is 0.0551 e. The van der Waals surface area contributed by atoms with Gasteiger partial charge in [0.05, 0.1) is 6.54 Å². The molecule has 0 amide bonds. The van der Waals surface area contributed by atoms with Crippen LogP contribution in [0.2, 0.25) is 0 Å². The van der Waals surface area contributed by atoms with E-state index in [1.807, 2.05) is 13.8 Å². The third-order valence-electron chi connectivity index (χ3n) is 0.771. The number of hydrogen-bond acceptors (Lipinski definition) is 2. The van der Waals surface area contributed by atoms with Crippen molar-refractivity contribution in [2.24, 2.45) is 11.5 Å². The third-order valence-corrected chi connectivity index (χ3v) is 0.771. The lowest BCUT2D eigenvalue weighted by atomic mass is 10.0. The Morgan fingerprint density at radius 3 is 2.22 bits per heavy atom. The first-order valence-electron chi connectivity index (χ1n) is 3.01. The number of hydrogen-bond donors (Lipinski definition) is 2. The van der Waals surface area contributed by atoms with Crippen molar-refractivity contribution in [1.29, 1.82) is 0 Å². The Morgan fingerprint density at radius 1 is 1.33 bits per heavy atom. The van der Waals surface area contributed by atoms with E-state index in [2.05, 4.69) is 11.8 Å². The molecule has 0 aromatic rings. The largest absolute Gasteiger partial charge is 0.325 e. The monoisotopic (exact) mass is 126 g/mol. The van der Waals surface area contributed by atoms with Gasteiger partial charge < -0.3 is 11.5 Å². The molecule has 0 fully saturated rings. The molecule has 0 atom stereocenters. The Morgan fingerprint density at radius 2 is 1.89 bits per heavy atom. The van der Waals surface area contributed by atoms with Crippen molar-refractivity contribution in [2.45, 2.75) is 25.8 Å². The summed E-state index contributed by atoms with van der Waals surface area (Å²) < 4.78 is 0. The average Bonchev–Trinajstić information content (AvgIpc) is 1.63. The first-order chi connectivity index (χ1) is 4.06. The SMILES string of the molecule is CC(C)(N)CC#CCN. The zero-order valence-corrected chi connectivity index (χ0v) is 6.07. The van der Waals surface area contributed by atoms with E-state index in [9.17, 15) is 0 Å². The minimum Gasteiger partial charge on any atom is -0.325 e. The van der Waals surface area contributed by atoms with E-state index in [0.717, 1.165) is 0 Å². The molecule has 0 saturated carbocycles. The highest BCUT2D eigenvalue weighted by Gasteiger charge is 2.06. The molecule has 0 unspecified atom stereocenters. The lowest BCUT2D eigenvalue weighted by Crippen LogP contribution is -2.30. The van der Waals surface area contributed by atoms with E-state index in [0.29, 0.717) is 13.0 Å². The Bertz CT molecular complexity index is 122. The molecule has 0 aliphatic carbocycles. The summed E-state index contributed by atoms with van der Waals surface area (Å²) in [4.78, 5) is 0. The van der Waals surface area contributed by atoms with Crippen LogP contribution in [0.5, 0.6) is 0 Å². The molecule has 0 bridgehead atoms. The van der Waals surface area contributed by atoms with E-state index in [1.54, 1.807) is 0 Å². The highest BCUT2D eigenvalue weighted by Crippen LogP contribution is 1.99. The Kier molecular flexibility index (Phi) is 3.29. The topological polar surface area (TPSA) is 52.0 Å². The van der Waals surface area contributed by atoms with Gasteiger partial charge in [-0.2, -0.15) is 0 Å². The van der Waals surface area contributed by atoms with Crippen molar-refractivity contribution in [3.05, 3.63) is 0 Å². The van der Waals surface area contributed by atoms with Crippen LogP contribution in [0, 0.1) is 11.8 Å². The van der Waals surface area contributed by atoms with Crippen molar-refractivity contribution >= 4 is 0 Å². The minimum absolute atomic E-state index is 0.178. The molecule has 0 aromatic heterocycles. The molecule has 0 rings (SSSR count). The molecule has 2 heteroatoms. The van der Waals surface area contributed by atoms with Crippen LogP contribution in [0.4, 0.5) is 0 Å². The van der Waals surface area contributed by atoms with Crippen molar-refractivity contribution in [2.75, 3.05) is 6.54 Å². The molecule has 4 N–H and O–H groups in total. The molecule has 0 aliphatic rings. The lowest BCUT2D eigenvalue weighted by molar-refractivity contribution is 0.536. The smallest absolute Gasteiger partial charge is 0.0551 e. The number of nitrogens with two attached hydrogens (primary N) is 2. The zero-order valence-electron chi connectivity index (χ0n) is 6.07. The maximum atomic E-state index is 5.63. The Hall–Kier alpha value is -0.520. The van der Waals surface area contributed by atoms with Crippen LogP contribution in [0.15, 0.2) is 0 Å². The predicted molar refractivity (Wildman–Crippen MR) is 39.7 cm³/mol. The summed E-state index contributed by atoms with van der Waals surface area (Å²) in [5.74, 6) is 5.63. The fourth-order valence-corrected chi connectivity index (χ4v) is 0.362. The normalized spacial score (nSPS) is 10.2. The number of rotatable bonds is 1. The molecule has 0 saturated heterocycles. The van der Waals surface area contributed by atoms with Gasteiger partial charge in [0.15, 0.2) is 0 Å². The van der Waals surface area contributed by atoms with Gasteiger partial charge in [-0.25, -0.2) is 0 Å². The van der Waals surface area contributed by atoms with Crippen molar-refractivity contribution in [1.82, 2.24) is 0 Å². The first-order valence-corrected chi connectivity index (χ1v) is 3.01. The molecular formula is C7H14N2. The second-order valence-electron chi connectivity index (χ2n) is 2.72. The molecule has 0 spiro atoms. The molecule has 0 aromatic carbocycles. The van der Waals surface area contributed by atoms with Gasteiger partial charge in [0, 0.05) is 12.0 Å². The van der Waals surface area contributed by atoms with E-state index >= 15 is 0 Å². The van der Waals surface area contributed by atoms with Gasteiger partial charge in [0.1, 0.15) is 0 Å². The molecule has 52 valence electrons. The van der Waals surface area contributed by atoms with Crippen LogP contribution in [0.1, 0.15) is 20.3 Å². The average molecular weight is 126 g/mol. The minimum atomic E-state index is -0.178. The van der Waals surface area contributed by atoms with Crippen LogP contribution in [-0.2, 0) is 0 Å². The third kappa shape index (κ3) is 7.48. The van der Waals surface area contributed by atoms with Gasteiger partial charge in [0.25, 0.3) is 0 Å². The van der Waals surface area contributed by atoms with Gasteiger partial charge >= 0.3 is 0 Å². The summed E-state index contributed by atoms with van der Waals surface area (Å²) in [5.41, 5.74) is 10.6. The zero-order chi connectivity index (χ0) is 7.33. The standard InChI is InChI=1S/C7H14N2/c1-7(2,9)5-3-4-6-8/h5-6,8-9H2,1-2H3. The molecule has 0 aliphatic heterocycles. The summed E-state index contributed by atoms with van der Waals surface area (Å²) in [6.07, 6.45) is 0.712. The quantitative estimate of drug-likeness (QED) is 0.489. The van der Waals surface area contributed by atoms with E-state index < -0.39 is 0 Å². The predicted octanol–water partition coefficient (Wildman–Crippen LogP) is 0.0759. The van der Waals surface area contributed by atoms with Crippen LogP contribution in [-0.4, -0.2) is 12.1 Å². The van der Waals surface area contributed by atoms with Crippen LogP contribution >= 0.6 is 0 Å². The van der Waals surface area contributed by atoms with E-state index in [4.69, 9.17) is 11.5 Å². The summed E-state index contributed by atoms with van der Waals surface area (Å²) >= 11 is 0. The van der Waals surface area contributed by atoms with Crippen LogP contribution in [0.25, 0.3) is 0 Å². The Balaban J connectivity index is 3.50. The summed E-state index contributed by atoms with van der Waals surface area (Å²) in [7, 11) is 0. The second kappa shape index (κ2) is 3.49. The fraction of sp³-hybridized carbons (Fsp3) is 0.714. The van der Waals surface area contributed by atoms with Crippen molar-refractivity contribution in [3.63, 3.8) is 0 Å². The van der Waals surface area contributed by atoms with Gasteiger partial charge in [-0.1, -0.05) is 5.92 Å². The molecular weight excluding hydrogens is 112 g/mol. The molecule has 9 heavy (non-hydrogen) atoms. The summed E-state index contributed by atoms with van der Waals surface area (Å²) in [6.45, 7) is 4.31. The molecule has 0 radical (unpaired) electrons. The molecule has 2 nitrogen and oxygen atoms in total. The first kappa shape index (κ1) is 8.48. The molecule has 0 heterocycles. The van der Waals surface area contributed by atoms with Crippen molar-refractivity contribution in [3.8, 4) is 11.8 Å². The lowest BCUT2D eigenvalue weighted by Gasteiger charge is -2.12. The van der Waals surface area contributed by atoms with Gasteiger partial charge in [-0.15, -0.1) is 5.92 Å². The highest BCUT2D eigenvalue weighted by atomic mass is 14.7. The van der Waals surface area contributed by atoms with E-state index in [-0.39, 0.29) is 5.54 Å². The summed E-state index contributed by atoms with van der Waals surface area (Å²) in [5, 5.41) is 0. The van der Waals surface area contributed by atoms with Gasteiger partial charge in [0.2, 0.25) is 0 Å². The van der Waals surface area contributed by atoms with Crippen LogP contribution in [0.3, 0.4) is 0 Å². The fourth-order valence-electron chi connectivity index (χ4n) is 0.362. The highest BCUT2D eigenvalue weighted by molar-refractivity contribution is 5.03. The second-order valence-corrected chi connectivity index (χ2v) is 2.72. The maximum absolute atomic E-state index is 5.63. The van der Waals surface area contributed by atoms with E-state index in [1.165, 1.54) is 0 Å². The van der Waals surface area contributed by atoms with Crippen LogP contribution < -0.4 is 11.5 Å².